The maximum atomic E-state index is 13.9. The molecule has 3 heterocycles. The highest BCUT2D eigenvalue weighted by Crippen LogP contribution is 2.32. The van der Waals surface area contributed by atoms with Crippen LogP contribution in [0, 0.1) is 0 Å². The number of H-pyrrole nitrogens is 1. The van der Waals surface area contributed by atoms with E-state index in [4.69, 9.17) is 9.72 Å². The first-order valence-corrected chi connectivity index (χ1v) is 13.0. The van der Waals surface area contributed by atoms with Crippen LogP contribution in [0.4, 0.5) is 19.1 Å². The lowest BCUT2D eigenvalue weighted by Gasteiger charge is -2.28. The molecule has 0 saturated heterocycles. The first-order valence-electron chi connectivity index (χ1n) is 13.0. The van der Waals surface area contributed by atoms with Gasteiger partial charge in [-0.15, -0.1) is 0 Å². The van der Waals surface area contributed by atoms with E-state index in [0.717, 1.165) is 24.1 Å². The highest BCUT2D eigenvalue weighted by atomic mass is 19.4. The van der Waals surface area contributed by atoms with E-state index in [0.29, 0.717) is 54.4 Å². The number of nitrogens with zero attached hydrogens (tertiary/aromatic N) is 4. The van der Waals surface area contributed by atoms with E-state index in [-0.39, 0.29) is 23.6 Å². The number of nitrogens with one attached hydrogen (secondary N) is 1. The Labute approximate surface area is 228 Å². The molecule has 0 radical (unpaired) electrons. The van der Waals surface area contributed by atoms with Crippen LogP contribution < -0.4 is 15.2 Å². The van der Waals surface area contributed by atoms with Gasteiger partial charge in [0.2, 0.25) is 5.95 Å². The molecule has 0 bridgehead atoms. The molecule has 0 spiro atoms. The number of aromatic amines is 1. The van der Waals surface area contributed by atoms with Crippen molar-refractivity contribution >= 4 is 17.0 Å². The van der Waals surface area contributed by atoms with Gasteiger partial charge >= 0.3 is 12.2 Å². The smallest absolute Gasteiger partial charge is 0.416 e. The zero-order chi connectivity index (χ0) is 27.7. The zero-order valence-corrected chi connectivity index (χ0v) is 21.5. The number of alkyl halides is 3. The third-order valence-electron chi connectivity index (χ3n) is 6.98. The number of aromatic nitrogens is 4. The minimum atomic E-state index is -4.45. The van der Waals surface area contributed by atoms with Gasteiger partial charge in [-0.25, -0.2) is 14.5 Å². The minimum absolute atomic E-state index is 0.213. The second-order valence-electron chi connectivity index (χ2n) is 9.66. The van der Waals surface area contributed by atoms with E-state index < -0.39 is 11.7 Å². The van der Waals surface area contributed by atoms with Gasteiger partial charge in [0.05, 0.1) is 46.7 Å². The number of benzene rings is 2. The van der Waals surface area contributed by atoms with E-state index in [1.54, 1.807) is 0 Å². The average molecular weight is 546 g/mol. The van der Waals surface area contributed by atoms with Gasteiger partial charge in [-0.2, -0.15) is 13.2 Å². The SMILES string of the molecule is O=c1c2c(nc(OCCC3=CC=CCC=C3)n1-c1ccccc1)CCN(c1nc3ccc(C(F)(F)F)cc3[nH]1)C2. The van der Waals surface area contributed by atoms with E-state index in [2.05, 4.69) is 28.2 Å². The Kier molecular flexibility index (Phi) is 6.75. The summed E-state index contributed by atoms with van der Waals surface area (Å²) < 4.78 is 47.1. The van der Waals surface area contributed by atoms with Gasteiger partial charge in [0.25, 0.3) is 5.56 Å². The molecule has 4 aromatic rings. The van der Waals surface area contributed by atoms with Crippen molar-refractivity contribution < 1.29 is 17.9 Å². The number of allylic oxidation sites excluding steroid dienone is 5. The molecule has 0 atom stereocenters. The molecule has 2 aromatic heterocycles. The molecule has 0 fully saturated rings. The Balaban J connectivity index is 1.31. The Hall–Kier alpha value is -4.60. The van der Waals surface area contributed by atoms with E-state index in [9.17, 15) is 18.0 Å². The third-order valence-corrected chi connectivity index (χ3v) is 6.98. The molecule has 7 nitrogen and oxygen atoms in total. The van der Waals surface area contributed by atoms with E-state index in [1.807, 2.05) is 47.4 Å². The van der Waals surface area contributed by atoms with Crippen LogP contribution in [-0.4, -0.2) is 32.7 Å². The lowest BCUT2D eigenvalue weighted by Crippen LogP contribution is -2.38. The fourth-order valence-electron chi connectivity index (χ4n) is 4.91. The van der Waals surface area contributed by atoms with E-state index >= 15 is 0 Å². The number of halogens is 3. The summed E-state index contributed by atoms with van der Waals surface area (Å²) in [6, 6.07) is 12.8. The van der Waals surface area contributed by atoms with Crippen LogP contribution in [0.15, 0.2) is 89.3 Å². The number of para-hydroxylation sites is 1. The maximum absolute atomic E-state index is 13.9. The monoisotopic (exact) mass is 545 g/mol. The standard InChI is InChI=1S/C30H26F3N5O2/c31-30(32,33)21-12-13-25-26(18-21)35-28(34-25)37-16-14-24-23(19-37)27(39)38(22-10-6-3-7-11-22)29(36-24)40-17-15-20-8-4-1-2-5-9-20/h1,3-13,18H,2,14-17,19H2,(H,34,35). The molecule has 2 aliphatic rings. The molecule has 0 amide bonds. The molecule has 204 valence electrons. The largest absolute Gasteiger partial charge is 0.464 e. The Morgan fingerprint density at radius 1 is 1.05 bits per heavy atom. The van der Waals surface area contributed by atoms with Crippen molar-refractivity contribution in [3.8, 4) is 11.7 Å². The molecule has 0 unspecified atom stereocenters. The average Bonchev–Trinajstić information content (AvgIpc) is 3.21. The van der Waals surface area contributed by atoms with Gasteiger partial charge < -0.3 is 14.6 Å². The fourth-order valence-corrected chi connectivity index (χ4v) is 4.91. The maximum Gasteiger partial charge on any atom is 0.416 e. The lowest BCUT2D eigenvalue weighted by atomic mass is 10.1. The highest BCUT2D eigenvalue weighted by molar-refractivity contribution is 5.78. The summed E-state index contributed by atoms with van der Waals surface area (Å²) in [5.74, 6) is 0.407. The Morgan fingerprint density at radius 2 is 1.90 bits per heavy atom. The minimum Gasteiger partial charge on any atom is -0.464 e. The summed E-state index contributed by atoms with van der Waals surface area (Å²) in [7, 11) is 0. The lowest BCUT2D eigenvalue weighted by molar-refractivity contribution is -0.137. The predicted octanol–water partition coefficient (Wildman–Crippen LogP) is 5.90. The van der Waals surface area contributed by atoms with Crippen molar-refractivity contribution in [2.45, 2.75) is 32.0 Å². The normalized spacial score (nSPS) is 15.2. The van der Waals surface area contributed by atoms with Crippen molar-refractivity contribution in [3.05, 3.63) is 112 Å². The van der Waals surface area contributed by atoms with Gasteiger partial charge in [-0.05, 0) is 42.3 Å². The molecule has 6 rings (SSSR count). The topological polar surface area (TPSA) is 76.0 Å². The van der Waals surface area contributed by atoms with Crippen LogP contribution in [-0.2, 0) is 19.1 Å². The van der Waals surface area contributed by atoms with Gasteiger partial charge in [0.15, 0.2) is 0 Å². The zero-order valence-electron chi connectivity index (χ0n) is 21.5. The number of fused-ring (bicyclic) bond motifs is 2. The number of hydrogen-bond donors (Lipinski definition) is 1. The molecular formula is C30H26F3N5O2. The molecular weight excluding hydrogens is 519 g/mol. The van der Waals surface area contributed by atoms with Crippen molar-refractivity contribution in [3.63, 3.8) is 0 Å². The molecule has 1 N–H and O–H groups in total. The van der Waals surface area contributed by atoms with Gasteiger partial charge in [0.1, 0.15) is 0 Å². The predicted molar refractivity (Wildman–Crippen MR) is 147 cm³/mol. The summed E-state index contributed by atoms with van der Waals surface area (Å²) in [5, 5.41) is 0. The third kappa shape index (κ3) is 5.16. The molecule has 2 aromatic carbocycles. The van der Waals surface area contributed by atoms with Gasteiger partial charge in [-0.3, -0.25) is 4.79 Å². The van der Waals surface area contributed by atoms with Crippen molar-refractivity contribution in [2.24, 2.45) is 0 Å². The number of imidazole rings is 1. The van der Waals surface area contributed by atoms with E-state index in [1.165, 1.54) is 10.6 Å². The van der Waals surface area contributed by atoms with Crippen molar-refractivity contribution in [1.82, 2.24) is 19.5 Å². The van der Waals surface area contributed by atoms with Crippen LogP contribution in [0.5, 0.6) is 6.01 Å². The van der Waals surface area contributed by atoms with Crippen LogP contribution in [0.25, 0.3) is 16.7 Å². The number of anilines is 1. The quantitative estimate of drug-likeness (QED) is 0.327. The summed E-state index contributed by atoms with van der Waals surface area (Å²) >= 11 is 0. The summed E-state index contributed by atoms with van der Waals surface area (Å²) in [5.41, 5.74) is 2.63. The van der Waals surface area contributed by atoms with Crippen molar-refractivity contribution in [2.75, 3.05) is 18.1 Å². The molecule has 0 saturated carbocycles. The Bertz CT molecular complexity index is 1700. The van der Waals surface area contributed by atoms with Gasteiger partial charge in [0, 0.05) is 19.4 Å². The van der Waals surface area contributed by atoms with Gasteiger partial charge in [-0.1, -0.05) is 48.6 Å². The molecule has 10 heteroatoms. The fraction of sp³-hybridized carbons (Fsp3) is 0.233. The van der Waals surface area contributed by atoms with Crippen molar-refractivity contribution in [1.29, 1.82) is 0 Å². The highest BCUT2D eigenvalue weighted by Gasteiger charge is 2.31. The van der Waals surface area contributed by atoms with Crippen LogP contribution >= 0.6 is 0 Å². The second kappa shape index (κ2) is 10.5. The number of rotatable bonds is 6. The summed E-state index contributed by atoms with van der Waals surface area (Å²) in [6.07, 6.45) is 7.89. The molecule has 40 heavy (non-hydrogen) atoms. The summed E-state index contributed by atoms with van der Waals surface area (Å²) in [6.45, 7) is 1.06. The molecule has 1 aliphatic carbocycles. The van der Waals surface area contributed by atoms with Crippen LogP contribution in [0.1, 0.15) is 29.7 Å². The Morgan fingerprint density at radius 3 is 2.73 bits per heavy atom. The van der Waals surface area contributed by atoms with Crippen LogP contribution in [0.2, 0.25) is 0 Å². The second-order valence-corrected chi connectivity index (χ2v) is 9.66. The summed E-state index contributed by atoms with van der Waals surface area (Å²) in [4.78, 5) is 28.0. The first-order chi connectivity index (χ1) is 19.4. The molecule has 1 aliphatic heterocycles. The first kappa shape index (κ1) is 25.7. The number of hydrogen-bond acceptors (Lipinski definition) is 5. The number of ether oxygens (including phenoxy) is 1. The van der Waals surface area contributed by atoms with Crippen LogP contribution in [0.3, 0.4) is 0 Å².